The van der Waals surface area contributed by atoms with Crippen LogP contribution in [-0.4, -0.2) is 33.6 Å². The smallest absolute Gasteiger partial charge is 0.339 e. The van der Waals surface area contributed by atoms with E-state index in [4.69, 9.17) is 5.11 Å². The van der Waals surface area contributed by atoms with Crippen LogP contribution in [-0.2, 0) is 0 Å². The van der Waals surface area contributed by atoms with Crippen LogP contribution >= 0.6 is 11.8 Å². The Balaban J connectivity index is 2.06. The molecule has 17 heavy (non-hydrogen) atoms. The topological polar surface area (TPSA) is 62.2 Å². The van der Waals surface area contributed by atoms with Crippen molar-refractivity contribution in [1.82, 2.24) is 4.98 Å². The lowest BCUT2D eigenvalue weighted by Crippen LogP contribution is -2.19. The highest BCUT2D eigenvalue weighted by Crippen LogP contribution is 2.30. The highest BCUT2D eigenvalue weighted by molar-refractivity contribution is 7.99. The number of thioether (sulfide) groups is 1. The molecule has 0 aliphatic heterocycles. The molecule has 1 aromatic rings. The highest BCUT2D eigenvalue weighted by Gasteiger charge is 2.25. The van der Waals surface area contributed by atoms with Crippen molar-refractivity contribution in [3.8, 4) is 0 Å². The van der Waals surface area contributed by atoms with Gasteiger partial charge in [-0.1, -0.05) is 0 Å². The van der Waals surface area contributed by atoms with E-state index in [2.05, 4.69) is 16.6 Å². The van der Waals surface area contributed by atoms with Crippen LogP contribution in [0.4, 0.5) is 5.82 Å². The average molecular weight is 252 g/mol. The summed E-state index contributed by atoms with van der Waals surface area (Å²) in [6.07, 6.45) is 7.10. The molecule has 1 saturated carbocycles. The summed E-state index contributed by atoms with van der Waals surface area (Å²) in [5, 5.41) is 13.0. The van der Waals surface area contributed by atoms with Crippen molar-refractivity contribution in [3.05, 3.63) is 23.9 Å². The van der Waals surface area contributed by atoms with Crippen molar-refractivity contribution in [3.63, 3.8) is 0 Å². The van der Waals surface area contributed by atoms with Gasteiger partial charge in [0.15, 0.2) is 0 Å². The van der Waals surface area contributed by atoms with Crippen LogP contribution in [0.2, 0.25) is 0 Å². The lowest BCUT2D eigenvalue weighted by molar-refractivity contribution is 0.0697. The van der Waals surface area contributed by atoms with Crippen molar-refractivity contribution >= 4 is 23.5 Å². The molecule has 1 aliphatic rings. The van der Waals surface area contributed by atoms with E-state index >= 15 is 0 Å². The molecule has 2 rings (SSSR count). The largest absolute Gasteiger partial charge is 0.478 e. The lowest BCUT2D eigenvalue weighted by Gasteiger charge is -2.14. The van der Waals surface area contributed by atoms with Gasteiger partial charge in [-0.05, 0) is 37.7 Å². The Morgan fingerprint density at radius 2 is 2.41 bits per heavy atom. The number of aromatic carboxylic acids is 1. The predicted octanol–water partition coefficient (Wildman–Crippen LogP) is 2.48. The van der Waals surface area contributed by atoms with Crippen molar-refractivity contribution in [2.24, 2.45) is 0 Å². The normalized spacial score (nSPS) is 23.6. The zero-order chi connectivity index (χ0) is 12.3. The second-order valence-electron chi connectivity index (χ2n) is 4.22. The minimum absolute atomic E-state index is 0.250. The van der Waals surface area contributed by atoms with Crippen LogP contribution in [0.1, 0.15) is 29.6 Å². The predicted molar refractivity (Wildman–Crippen MR) is 69.8 cm³/mol. The van der Waals surface area contributed by atoms with E-state index in [1.807, 2.05) is 11.8 Å². The fourth-order valence-electron chi connectivity index (χ4n) is 2.17. The Hall–Kier alpha value is -1.23. The van der Waals surface area contributed by atoms with Crippen molar-refractivity contribution < 1.29 is 9.90 Å². The third kappa shape index (κ3) is 2.91. The molecule has 0 aromatic carbocycles. The number of carboxylic acids is 1. The number of rotatable bonds is 4. The average Bonchev–Trinajstić information content (AvgIpc) is 2.77. The first-order chi connectivity index (χ1) is 8.20. The van der Waals surface area contributed by atoms with E-state index in [9.17, 15) is 4.79 Å². The molecule has 5 heteroatoms. The third-order valence-corrected chi connectivity index (χ3v) is 4.19. The Kier molecular flexibility index (Phi) is 3.89. The van der Waals surface area contributed by atoms with Gasteiger partial charge in [0.05, 0.1) is 0 Å². The monoisotopic (exact) mass is 252 g/mol. The molecule has 0 bridgehead atoms. The van der Waals surface area contributed by atoms with Crippen molar-refractivity contribution in [1.29, 1.82) is 0 Å². The number of nitrogens with one attached hydrogen (secondary N) is 1. The van der Waals surface area contributed by atoms with E-state index in [1.165, 1.54) is 6.42 Å². The number of pyridine rings is 1. The molecule has 0 radical (unpaired) electrons. The fourth-order valence-corrected chi connectivity index (χ4v) is 2.97. The maximum absolute atomic E-state index is 11.0. The van der Waals surface area contributed by atoms with Gasteiger partial charge in [0.2, 0.25) is 0 Å². The van der Waals surface area contributed by atoms with Crippen LogP contribution in [0, 0.1) is 0 Å². The highest BCUT2D eigenvalue weighted by atomic mass is 32.2. The molecule has 1 aromatic heterocycles. The number of aromatic nitrogens is 1. The Labute approximate surface area is 105 Å². The summed E-state index contributed by atoms with van der Waals surface area (Å²) in [6, 6.07) is 3.58. The van der Waals surface area contributed by atoms with Crippen LogP contribution in [0.25, 0.3) is 0 Å². The lowest BCUT2D eigenvalue weighted by atomic mass is 10.2. The Morgan fingerprint density at radius 1 is 1.59 bits per heavy atom. The van der Waals surface area contributed by atoms with Crippen molar-refractivity contribution in [2.45, 2.75) is 30.6 Å². The summed E-state index contributed by atoms with van der Waals surface area (Å²) in [5.74, 6) is -0.438. The number of carbonyl (C=O) groups is 1. The van der Waals surface area contributed by atoms with Gasteiger partial charge in [-0.3, -0.25) is 0 Å². The maximum Gasteiger partial charge on any atom is 0.339 e. The Morgan fingerprint density at radius 3 is 3.06 bits per heavy atom. The molecular formula is C12H16N2O2S. The number of hydrogen-bond donors (Lipinski definition) is 2. The zero-order valence-electron chi connectivity index (χ0n) is 9.72. The molecular weight excluding hydrogens is 236 g/mol. The molecule has 4 nitrogen and oxygen atoms in total. The van der Waals surface area contributed by atoms with Gasteiger partial charge >= 0.3 is 5.97 Å². The summed E-state index contributed by atoms with van der Waals surface area (Å²) in [5.41, 5.74) is 0.250. The third-order valence-electron chi connectivity index (χ3n) is 3.10. The number of hydrogen-bond acceptors (Lipinski definition) is 4. The van der Waals surface area contributed by atoms with Gasteiger partial charge in [0, 0.05) is 17.5 Å². The fraction of sp³-hybridized carbons (Fsp3) is 0.500. The summed E-state index contributed by atoms with van der Waals surface area (Å²) < 4.78 is 0. The second kappa shape index (κ2) is 5.40. The molecule has 0 spiro atoms. The molecule has 0 amide bonds. The summed E-state index contributed by atoms with van der Waals surface area (Å²) in [7, 11) is 0. The Bertz CT molecular complexity index is 411. The van der Waals surface area contributed by atoms with Gasteiger partial charge in [-0.15, -0.1) is 0 Å². The van der Waals surface area contributed by atoms with Gasteiger partial charge in [0.25, 0.3) is 0 Å². The van der Waals surface area contributed by atoms with E-state index in [1.54, 1.807) is 18.3 Å². The standard InChI is InChI=1S/C12H16N2O2S/c1-17-9-5-4-8(7-9)14-11-10(12(15)16)3-2-6-13-11/h2-3,6,8-9H,4-5,7H2,1H3,(H,13,14)(H,15,16). The first kappa shape index (κ1) is 12.2. The van der Waals surface area contributed by atoms with E-state index in [0.29, 0.717) is 17.1 Å². The van der Waals surface area contributed by atoms with Crippen LogP contribution < -0.4 is 5.32 Å². The number of anilines is 1. The summed E-state index contributed by atoms with van der Waals surface area (Å²) >= 11 is 1.88. The van der Waals surface area contributed by atoms with E-state index < -0.39 is 5.97 Å². The van der Waals surface area contributed by atoms with Gasteiger partial charge in [-0.25, -0.2) is 9.78 Å². The van der Waals surface area contributed by atoms with Gasteiger partial charge < -0.3 is 10.4 Å². The van der Waals surface area contributed by atoms with Crippen LogP contribution in [0.15, 0.2) is 18.3 Å². The molecule has 2 atom stereocenters. The first-order valence-electron chi connectivity index (χ1n) is 5.68. The van der Waals surface area contributed by atoms with Crippen molar-refractivity contribution in [2.75, 3.05) is 11.6 Å². The summed E-state index contributed by atoms with van der Waals surface area (Å²) in [6.45, 7) is 0. The quantitative estimate of drug-likeness (QED) is 0.862. The molecule has 1 aliphatic carbocycles. The van der Waals surface area contributed by atoms with E-state index in [-0.39, 0.29) is 5.56 Å². The molecule has 1 heterocycles. The second-order valence-corrected chi connectivity index (χ2v) is 5.35. The van der Waals surface area contributed by atoms with Crippen LogP contribution in [0.3, 0.4) is 0 Å². The van der Waals surface area contributed by atoms with Crippen LogP contribution in [0.5, 0.6) is 0 Å². The number of nitrogens with zero attached hydrogens (tertiary/aromatic N) is 1. The minimum Gasteiger partial charge on any atom is -0.478 e. The maximum atomic E-state index is 11.0. The molecule has 0 saturated heterocycles. The molecule has 2 unspecified atom stereocenters. The first-order valence-corrected chi connectivity index (χ1v) is 6.97. The molecule has 1 fully saturated rings. The van der Waals surface area contributed by atoms with E-state index in [0.717, 1.165) is 12.8 Å². The van der Waals surface area contributed by atoms with Gasteiger partial charge in [-0.2, -0.15) is 11.8 Å². The number of carboxylic acid groups (broad SMARTS) is 1. The minimum atomic E-state index is -0.931. The molecule has 2 N–H and O–H groups in total. The molecule has 92 valence electrons. The summed E-state index contributed by atoms with van der Waals surface area (Å²) in [4.78, 5) is 15.1. The zero-order valence-corrected chi connectivity index (χ0v) is 10.5. The SMILES string of the molecule is CSC1CCC(Nc2ncccc2C(=O)O)C1. The van der Waals surface area contributed by atoms with Gasteiger partial charge in [0.1, 0.15) is 11.4 Å².